The second kappa shape index (κ2) is 8.90. The molecule has 27 heavy (non-hydrogen) atoms. The molecule has 138 valence electrons. The van der Waals surface area contributed by atoms with Crippen LogP contribution in [0.15, 0.2) is 72.8 Å². The highest BCUT2D eigenvalue weighted by Crippen LogP contribution is 2.28. The van der Waals surface area contributed by atoms with Gasteiger partial charge in [0.25, 0.3) is 5.91 Å². The van der Waals surface area contributed by atoms with E-state index in [1.54, 1.807) is 7.11 Å². The van der Waals surface area contributed by atoms with Crippen molar-refractivity contribution in [2.45, 2.75) is 13.5 Å². The molecule has 0 heterocycles. The first-order chi connectivity index (χ1) is 13.2. The van der Waals surface area contributed by atoms with Crippen molar-refractivity contribution < 1.29 is 14.3 Å². The quantitative estimate of drug-likeness (QED) is 0.664. The maximum Gasteiger partial charge on any atom is 0.252 e. The molecular formula is C23H23NO3. The Labute approximate surface area is 159 Å². The number of benzene rings is 3. The molecule has 0 saturated heterocycles. The van der Waals surface area contributed by atoms with Crippen LogP contribution in [0.1, 0.15) is 22.8 Å². The lowest BCUT2D eigenvalue weighted by atomic mass is 9.99. The van der Waals surface area contributed by atoms with Crippen molar-refractivity contribution in [2.75, 3.05) is 13.7 Å². The third-order valence-electron chi connectivity index (χ3n) is 4.24. The summed E-state index contributed by atoms with van der Waals surface area (Å²) in [5.41, 5.74) is 3.54. The second-order valence-corrected chi connectivity index (χ2v) is 6.01. The van der Waals surface area contributed by atoms with Crippen molar-refractivity contribution >= 4 is 5.91 Å². The van der Waals surface area contributed by atoms with E-state index in [2.05, 4.69) is 5.32 Å². The highest BCUT2D eigenvalue weighted by Gasteiger charge is 2.12. The Balaban J connectivity index is 1.77. The summed E-state index contributed by atoms with van der Waals surface area (Å²) in [6.07, 6.45) is 0. The Hall–Kier alpha value is -3.27. The van der Waals surface area contributed by atoms with Crippen molar-refractivity contribution in [2.24, 2.45) is 0 Å². The second-order valence-electron chi connectivity index (χ2n) is 6.01. The molecule has 0 bridgehead atoms. The number of carbonyl (C=O) groups excluding carboxylic acids is 1. The fourth-order valence-electron chi connectivity index (χ4n) is 2.93. The van der Waals surface area contributed by atoms with Gasteiger partial charge in [0.1, 0.15) is 0 Å². The van der Waals surface area contributed by atoms with Crippen LogP contribution in [0.2, 0.25) is 0 Å². The molecular weight excluding hydrogens is 338 g/mol. The Bertz CT molecular complexity index is 907. The van der Waals surface area contributed by atoms with Gasteiger partial charge in [-0.1, -0.05) is 54.6 Å². The fourth-order valence-corrected chi connectivity index (χ4v) is 2.93. The molecule has 1 N–H and O–H groups in total. The summed E-state index contributed by atoms with van der Waals surface area (Å²) in [7, 11) is 1.61. The molecule has 0 aliphatic rings. The lowest BCUT2D eigenvalue weighted by Crippen LogP contribution is -2.23. The summed E-state index contributed by atoms with van der Waals surface area (Å²) < 4.78 is 10.9. The van der Waals surface area contributed by atoms with Gasteiger partial charge < -0.3 is 14.8 Å². The molecule has 4 heteroatoms. The predicted molar refractivity (Wildman–Crippen MR) is 107 cm³/mol. The maximum atomic E-state index is 12.8. The van der Waals surface area contributed by atoms with E-state index < -0.39 is 0 Å². The Kier molecular flexibility index (Phi) is 6.10. The van der Waals surface area contributed by atoms with Crippen LogP contribution in [0.5, 0.6) is 11.5 Å². The third kappa shape index (κ3) is 4.47. The zero-order chi connectivity index (χ0) is 19.1. The monoisotopic (exact) mass is 361 g/mol. The first-order valence-corrected chi connectivity index (χ1v) is 8.95. The van der Waals surface area contributed by atoms with Crippen molar-refractivity contribution in [1.82, 2.24) is 5.32 Å². The van der Waals surface area contributed by atoms with E-state index in [-0.39, 0.29) is 5.91 Å². The molecule has 4 nitrogen and oxygen atoms in total. The number of methoxy groups -OCH3 is 1. The molecule has 1 amide bonds. The van der Waals surface area contributed by atoms with Gasteiger partial charge in [0.2, 0.25) is 0 Å². The lowest BCUT2D eigenvalue weighted by Gasteiger charge is -2.13. The highest BCUT2D eigenvalue weighted by molar-refractivity contribution is 6.00. The van der Waals surface area contributed by atoms with Gasteiger partial charge in [-0.2, -0.15) is 0 Å². The molecule has 0 aliphatic carbocycles. The number of carbonyl (C=O) groups is 1. The van der Waals surface area contributed by atoms with E-state index in [0.717, 1.165) is 16.7 Å². The molecule has 0 radical (unpaired) electrons. The largest absolute Gasteiger partial charge is 0.493 e. The van der Waals surface area contributed by atoms with Crippen LogP contribution in [0.25, 0.3) is 11.1 Å². The molecule has 0 aliphatic heterocycles. The van der Waals surface area contributed by atoms with Crippen molar-refractivity contribution in [3.8, 4) is 22.6 Å². The van der Waals surface area contributed by atoms with E-state index in [4.69, 9.17) is 9.47 Å². The normalized spacial score (nSPS) is 10.3. The van der Waals surface area contributed by atoms with Crippen LogP contribution in [0.4, 0.5) is 0 Å². The van der Waals surface area contributed by atoms with Gasteiger partial charge in [0, 0.05) is 12.1 Å². The molecule has 3 aromatic carbocycles. The van der Waals surface area contributed by atoms with E-state index in [1.807, 2.05) is 79.7 Å². The van der Waals surface area contributed by atoms with Crippen molar-refractivity contribution in [3.63, 3.8) is 0 Å². The zero-order valence-electron chi connectivity index (χ0n) is 15.6. The summed E-state index contributed by atoms with van der Waals surface area (Å²) in [5.74, 6) is 1.25. The van der Waals surface area contributed by atoms with Gasteiger partial charge in [-0.3, -0.25) is 4.79 Å². The van der Waals surface area contributed by atoms with Gasteiger partial charge in [-0.05, 0) is 41.8 Å². The molecule has 0 saturated carbocycles. The average molecular weight is 361 g/mol. The number of rotatable bonds is 7. The van der Waals surface area contributed by atoms with E-state index in [1.165, 1.54) is 0 Å². The molecule has 3 rings (SSSR count). The highest BCUT2D eigenvalue weighted by atomic mass is 16.5. The van der Waals surface area contributed by atoms with Crippen LogP contribution >= 0.6 is 0 Å². The number of hydrogen-bond acceptors (Lipinski definition) is 3. The number of amides is 1. The molecule has 0 aromatic heterocycles. The summed E-state index contributed by atoms with van der Waals surface area (Å²) in [4.78, 5) is 12.8. The summed E-state index contributed by atoms with van der Waals surface area (Å²) >= 11 is 0. The lowest BCUT2D eigenvalue weighted by molar-refractivity contribution is 0.0951. The molecule has 0 fully saturated rings. The number of nitrogens with one attached hydrogen (secondary N) is 1. The van der Waals surface area contributed by atoms with Crippen LogP contribution in [0.3, 0.4) is 0 Å². The van der Waals surface area contributed by atoms with E-state index >= 15 is 0 Å². The SMILES string of the molecule is CCOc1cc(CNC(=O)c2ccccc2-c2ccccc2)ccc1OC. The summed E-state index contributed by atoms with van der Waals surface area (Å²) in [5, 5.41) is 3.00. The van der Waals surface area contributed by atoms with E-state index in [9.17, 15) is 4.79 Å². The molecule has 0 atom stereocenters. The maximum absolute atomic E-state index is 12.8. The minimum absolute atomic E-state index is 0.108. The van der Waals surface area contributed by atoms with E-state index in [0.29, 0.717) is 30.2 Å². The minimum atomic E-state index is -0.108. The average Bonchev–Trinajstić information content (AvgIpc) is 2.73. The Morgan fingerprint density at radius 1 is 0.926 bits per heavy atom. The van der Waals surface area contributed by atoms with Crippen molar-refractivity contribution in [1.29, 1.82) is 0 Å². The molecule has 0 spiro atoms. The van der Waals surface area contributed by atoms with Gasteiger partial charge in [0.15, 0.2) is 11.5 Å². The Morgan fingerprint density at radius 2 is 1.67 bits per heavy atom. The van der Waals surface area contributed by atoms with Gasteiger partial charge in [-0.25, -0.2) is 0 Å². The van der Waals surface area contributed by atoms with Gasteiger partial charge >= 0.3 is 0 Å². The van der Waals surface area contributed by atoms with Crippen molar-refractivity contribution in [3.05, 3.63) is 83.9 Å². The van der Waals surface area contributed by atoms with Gasteiger partial charge in [0.05, 0.1) is 13.7 Å². The van der Waals surface area contributed by atoms with Crippen LogP contribution in [0, 0.1) is 0 Å². The molecule has 0 unspecified atom stereocenters. The zero-order valence-corrected chi connectivity index (χ0v) is 15.6. The topological polar surface area (TPSA) is 47.6 Å². The van der Waals surface area contributed by atoms with Gasteiger partial charge in [-0.15, -0.1) is 0 Å². The Morgan fingerprint density at radius 3 is 2.41 bits per heavy atom. The summed E-state index contributed by atoms with van der Waals surface area (Å²) in [6, 6.07) is 23.2. The minimum Gasteiger partial charge on any atom is -0.493 e. The predicted octanol–water partition coefficient (Wildman–Crippen LogP) is 4.69. The molecule has 3 aromatic rings. The first kappa shape index (κ1) is 18.5. The third-order valence-corrected chi connectivity index (χ3v) is 4.24. The summed E-state index contributed by atoms with van der Waals surface area (Å²) in [6.45, 7) is 2.89. The number of ether oxygens (including phenoxy) is 2. The standard InChI is InChI=1S/C23H23NO3/c1-3-27-22-15-17(13-14-21(22)26-2)16-24-23(25)20-12-8-7-11-19(20)18-9-5-4-6-10-18/h4-15H,3,16H2,1-2H3,(H,24,25). The fraction of sp³-hybridized carbons (Fsp3) is 0.174. The smallest absolute Gasteiger partial charge is 0.252 e. The van der Waals surface area contributed by atoms with Crippen LogP contribution < -0.4 is 14.8 Å². The van der Waals surface area contributed by atoms with Crippen LogP contribution in [-0.4, -0.2) is 19.6 Å². The first-order valence-electron chi connectivity index (χ1n) is 8.95. The van der Waals surface area contributed by atoms with Crippen LogP contribution in [-0.2, 0) is 6.54 Å². The number of hydrogen-bond donors (Lipinski definition) is 1.